The molecule has 0 unspecified atom stereocenters. The largest absolute Gasteiger partial charge is 0.299 e. The summed E-state index contributed by atoms with van der Waals surface area (Å²) in [7, 11) is 1.76. The lowest BCUT2D eigenvalue weighted by Gasteiger charge is -2.14. The summed E-state index contributed by atoms with van der Waals surface area (Å²) < 4.78 is 1.57. The van der Waals surface area contributed by atoms with Gasteiger partial charge in [-0.15, -0.1) is 5.10 Å². The maximum Gasteiger partial charge on any atom is 0.299 e. The lowest BCUT2D eigenvalue weighted by Crippen LogP contribution is -2.29. The highest BCUT2D eigenvalue weighted by Gasteiger charge is 2.36. The van der Waals surface area contributed by atoms with Gasteiger partial charge in [-0.05, 0) is 24.1 Å². The van der Waals surface area contributed by atoms with Crippen LogP contribution in [0.3, 0.4) is 0 Å². The fraction of sp³-hybridized carbons (Fsp3) is 0.286. The van der Waals surface area contributed by atoms with Crippen molar-refractivity contribution in [2.75, 3.05) is 4.90 Å². The first kappa shape index (κ1) is 12.5. The summed E-state index contributed by atoms with van der Waals surface area (Å²) in [5.74, 6) is -0.946. The zero-order valence-corrected chi connectivity index (χ0v) is 11.3. The molecule has 0 fully saturated rings. The molecule has 6 heteroatoms. The Labute approximate surface area is 116 Å². The van der Waals surface area contributed by atoms with Crippen molar-refractivity contribution in [1.29, 1.82) is 0 Å². The second-order valence-corrected chi connectivity index (χ2v) is 4.81. The molecule has 20 heavy (non-hydrogen) atoms. The van der Waals surface area contributed by atoms with Gasteiger partial charge in [0.05, 0.1) is 17.8 Å². The van der Waals surface area contributed by atoms with E-state index in [-0.39, 0.29) is 6.54 Å². The first-order chi connectivity index (χ1) is 9.60. The predicted molar refractivity (Wildman–Crippen MR) is 72.3 cm³/mol. The molecule has 0 radical (unpaired) electrons. The van der Waals surface area contributed by atoms with Crippen LogP contribution in [-0.2, 0) is 24.8 Å². The summed E-state index contributed by atoms with van der Waals surface area (Å²) >= 11 is 0. The quantitative estimate of drug-likeness (QED) is 0.783. The van der Waals surface area contributed by atoms with Gasteiger partial charge in [-0.2, -0.15) is 0 Å². The number of rotatable bonds is 3. The first-order valence-corrected chi connectivity index (χ1v) is 6.44. The Balaban J connectivity index is 1.98. The molecule has 0 aliphatic carbocycles. The molecule has 2 heterocycles. The number of Topliss-reactive ketones (excluding diaryl/α,β-unsaturated/α-hetero) is 1. The first-order valence-electron chi connectivity index (χ1n) is 6.44. The van der Waals surface area contributed by atoms with E-state index >= 15 is 0 Å². The van der Waals surface area contributed by atoms with Crippen molar-refractivity contribution in [2.45, 2.75) is 19.9 Å². The number of hydrogen-bond acceptors (Lipinski definition) is 4. The van der Waals surface area contributed by atoms with Gasteiger partial charge in [-0.3, -0.25) is 19.2 Å². The lowest BCUT2D eigenvalue weighted by atomic mass is 10.1. The zero-order chi connectivity index (χ0) is 14.3. The second-order valence-electron chi connectivity index (χ2n) is 4.81. The van der Waals surface area contributed by atoms with E-state index in [0.717, 1.165) is 12.0 Å². The van der Waals surface area contributed by atoms with Crippen molar-refractivity contribution in [1.82, 2.24) is 15.0 Å². The molecule has 0 bridgehead atoms. The molecule has 1 aliphatic rings. The van der Waals surface area contributed by atoms with E-state index in [0.29, 0.717) is 16.9 Å². The maximum absolute atomic E-state index is 12.1. The van der Waals surface area contributed by atoms with Gasteiger partial charge >= 0.3 is 0 Å². The Kier molecular flexibility index (Phi) is 2.85. The lowest BCUT2D eigenvalue weighted by molar-refractivity contribution is -0.114. The minimum absolute atomic E-state index is 0.261. The van der Waals surface area contributed by atoms with E-state index in [2.05, 4.69) is 10.3 Å². The molecule has 2 aromatic rings. The molecule has 1 aromatic carbocycles. The van der Waals surface area contributed by atoms with Crippen molar-refractivity contribution < 1.29 is 9.59 Å². The van der Waals surface area contributed by atoms with E-state index in [4.69, 9.17) is 0 Å². The van der Waals surface area contributed by atoms with Crippen LogP contribution in [-0.4, -0.2) is 26.7 Å². The van der Waals surface area contributed by atoms with E-state index < -0.39 is 11.7 Å². The van der Waals surface area contributed by atoms with E-state index in [9.17, 15) is 9.59 Å². The van der Waals surface area contributed by atoms with Gasteiger partial charge in [0.25, 0.3) is 11.7 Å². The van der Waals surface area contributed by atoms with Crippen LogP contribution in [0.5, 0.6) is 0 Å². The molecule has 102 valence electrons. The van der Waals surface area contributed by atoms with Gasteiger partial charge < -0.3 is 0 Å². The summed E-state index contributed by atoms with van der Waals surface area (Å²) in [6, 6.07) is 5.56. The fourth-order valence-corrected chi connectivity index (χ4v) is 2.35. The number of nitrogens with zero attached hydrogens (tertiary/aromatic N) is 4. The van der Waals surface area contributed by atoms with E-state index in [1.54, 1.807) is 24.0 Å². The van der Waals surface area contributed by atoms with E-state index in [1.807, 2.05) is 19.1 Å². The number of hydrogen-bond donors (Lipinski definition) is 0. The topological polar surface area (TPSA) is 68.1 Å². The number of anilines is 1. The van der Waals surface area contributed by atoms with Gasteiger partial charge in [-0.25, -0.2) is 0 Å². The van der Waals surface area contributed by atoms with Crippen LogP contribution in [0.1, 0.15) is 28.5 Å². The van der Waals surface area contributed by atoms with Crippen LogP contribution in [0.2, 0.25) is 0 Å². The van der Waals surface area contributed by atoms with Crippen LogP contribution in [0.25, 0.3) is 0 Å². The Morgan fingerprint density at radius 3 is 2.70 bits per heavy atom. The Hall–Kier alpha value is -2.50. The molecule has 0 saturated carbocycles. The van der Waals surface area contributed by atoms with Crippen LogP contribution >= 0.6 is 0 Å². The normalized spacial score (nSPS) is 14.0. The van der Waals surface area contributed by atoms with Gasteiger partial charge in [0.1, 0.15) is 5.69 Å². The van der Waals surface area contributed by atoms with Crippen LogP contribution in [0.4, 0.5) is 5.69 Å². The van der Waals surface area contributed by atoms with E-state index in [1.165, 1.54) is 4.90 Å². The van der Waals surface area contributed by atoms with Crippen LogP contribution in [0.15, 0.2) is 24.4 Å². The predicted octanol–water partition coefficient (Wildman–Crippen LogP) is 1.11. The highest BCUT2D eigenvalue weighted by molar-refractivity contribution is 6.52. The average Bonchev–Trinajstić information content (AvgIpc) is 2.96. The van der Waals surface area contributed by atoms with Crippen LogP contribution < -0.4 is 4.90 Å². The van der Waals surface area contributed by atoms with Crippen molar-refractivity contribution in [3.05, 3.63) is 41.2 Å². The van der Waals surface area contributed by atoms with Gasteiger partial charge in [0, 0.05) is 13.2 Å². The molecular formula is C14H14N4O2. The third-order valence-corrected chi connectivity index (χ3v) is 3.41. The molecule has 1 aromatic heterocycles. The monoisotopic (exact) mass is 270 g/mol. The number of carbonyl (C=O) groups is 2. The van der Waals surface area contributed by atoms with Gasteiger partial charge in [0.15, 0.2) is 0 Å². The molecule has 1 amide bonds. The summed E-state index contributed by atoms with van der Waals surface area (Å²) in [4.78, 5) is 25.6. The fourth-order valence-electron chi connectivity index (χ4n) is 2.35. The Morgan fingerprint density at radius 1 is 1.25 bits per heavy atom. The highest BCUT2D eigenvalue weighted by Crippen LogP contribution is 2.30. The number of benzene rings is 1. The molecule has 1 aliphatic heterocycles. The summed E-state index contributed by atoms with van der Waals surface area (Å²) in [6.45, 7) is 2.27. The van der Waals surface area contributed by atoms with Crippen molar-refractivity contribution in [2.24, 2.45) is 7.05 Å². The molecular weight excluding hydrogens is 256 g/mol. The molecule has 0 spiro atoms. The Morgan fingerprint density at radius 2 is 2.05 bits per heavy atom. The molecule has 0 saturated heterocycles. The Bertz CT molecular complexity index is 705. The van der Waals surface area contributed by atoms with Crippen LogP contribution in [0, 0.1) is 0 Å². The standard InChI is InChI=1S/C14H14N4O2/c1-3-9-4-5-12-11(6-9)13(19)14(20)18(12)8-10-7-17(2)16-15-10/h4-7H,3,8H2,1-2H3. The minimum Gasteiger partial charge on any atom is -0.299 e. The number of aryl methyl sites for hydroxylation is 2. The zero-order valence-electron chi connectivity index (χ0n) is 11.3. The molecule has 6 nitrogen and oxygen atoms in total. The van der Waals surface area contributed by atoms with Gasteiger partial charge in [-0.1, -0.05) is 18.2 Å². The smallest absolute Gasteiger partial charge is 0.299 e. The maximum atomic E-state index is 12.1. The molecule has 0 atom stereocenters. The summed E-state index contributed by atoms with van der Waals surface area (Å²) in [5, 5.41) is 7.78. The highest BCUT2D eigenvalue weighted by atomic mass is 16.2. The number of amides is 1. The third kappa shape index (κ3) is 1.89. The molecule has 0 N–H and O–H groups in total. The van der Waals surface area contributed by atoms with Crippen molar-refractivity contribution in [3.63, 3.8) is 0 Å². The van der Waals surface area contributed by atoms with Crippen molar-refractivity contribution >= 4 is 17.4 Å². The SMILES string of the molecule is CCc1ccc2c(c1)C(=O)C(=O)N2Cc1cn(C)nn1. The average molecular weight is 270 g/mol. The third-order valence-electron chi connectivity index (χ3n) is 3.41. The minimum atomic E-state index is -0.501. The number of aromatic nitrogens is 3. The summed E-state index contributed by atoms with van der Waals surface area (Å²) in [6.07, 6.45) is 2.56. The summed E-state index contributed by atoms with van der Waals surface area (Å²) in [5.41, 5.74) is 2.84. The number of ketones is 1. The second kappa shape index (κ2) is 4.56. The van der Waals surface area contributed by atoms with Crippen molar-refractivity contribution in [3.8, 4) is 0 Å². The molecule has 3 rings (SSSR count). The van der Waals surface area contributed by atoms with Gasteiger partial charge in [0.2, 0.25) is 0 Å². The number of carbonyl (C=O) groups excluding carboxylic acids is 2. The number of fused-ring (bicyclic) bond motifs is 1.